The molecule has 0 atom stereocenters. The van der Waals surface area contributed by atoms with E-state index in [1.807, 2.05) is 0 Å². The van der Waals surface area contributed by atoms with Crippen LogP contribution in [0.3, 0.4) is 0 Å². The lowest BCUT2D eigenvalue weighted by Gasteiger charge is -2.30. The number of nitrogens with zero attached hydrogens (tertiary/aromatic N) is 1. The summed E-state index contributed by atoms with van der Waals surface area (Å²) in [5.74, 6) is -0.748. The average Bonchev–Trinajstić information content (AvgIpc) is 2.45. The molecule has 0 aromatic carbocycles. The molecule has 0 radical (unpaired) electrons. The summed E-state index contributed by atoms with van der Waals surface area (Å²) in [5, 5.41) is 11.4. The molecule has 0 aromatic rings. The number of nitrogens with one attached hydrogen (secondary N) is 1. The summed E-state index contributed by atoms with van der Waals surface area (Å²) in [6, 6.07) is 0. The first-order valence-electron chi connectivity index (χ1n) is 8.72. The Balaban J connectivity index is 3.55. The first-order valence-corrected chi connectivity index (χ1v) is 8.72. The lowest BCUT2D eigenvalue weighted by Crippen LogP contribution is -2.42. The van der Waals surface area contributed by atoms with Crippen molar-refractivity contribution in [2.75, 3.05) is 33.7 Å². The van der Waals surface area contributed by atoms with Crippen LogP contribution >= 0.6 is 0 Å². The Kier molecular flexibility index (Phi) is 11.4. The summed E-state index contributed by atoms with van der Waals surface area (Å²) < 4.78 is 0.974. The van der Waals surface area contributed by atoms with Crippen molar-refractivity contribution in [2.24, 2.45) is 0 Å². The van der Waals surface area contributed by atoms with Crippen molar-refractivity contribution >= 4 is 11.9 Å². The second-order valence-electron chi connectivity index (χ2n) is 7.04. The van der Waals surface area contributed by atoms with Gasteiger partial charge in [0.1, 0.15) is 0 Å². The van der Waals surface area contributed by atoms with E-state index in [-0.39, 0.29) is 5.91 Å². The molecule has 0 saturated carbocycles. The molecule has 0 bridgehead atoms. The fourth-order valence-corrected chi connectivity index (χ4v) is 2.49. The highest BCUT2D eigenvalue weighted by molar-refractivity contribution is 5.91. The molecule has 0 heterocycles. The molecule has 0 rings (SSSR count). The van der Waals surface area contributed by atoms with Gasteiger partial charge in [-0.2, -0.15) is 0 Å². The molecule has 0 fully saturated rings. The summed E-state index contributed by atoms with van der Waals surface area (Å²) in [4.78, 5) is 21.8. The van der Waals surface area contributed by atoms with Crippen LogP contribution in [0, 0.1) is 0 Å². The normalized spacial score (nSPS) is 11.3. The molecule has 134 valence electrons. The van der Waals surface area contributed by atoms with Gasteiger partial charge in [-0.3, -0.25) is 9.59 Å². The van der Waals surface area contributed by atoms with E-state index in [0.717, 1.165) is 43.3 Å². The Bertz CT molecular complexity index is 378. The van der Waals surface area contributed by atoms with Crippen LogP contribution in [0.4, 0.5) is 0 Å². The number of hydrogen-bond acceptors (Lipinski definition) is 2. The Morgan fingerprint density at radius 2 is 1.48 bits per heavy atom. The van der Waals surface area contributed by atoms with Gasteiger partial charge in [0, 0.05) is 25.0 Å². The molecule has 0 aliphatic rings. The first kappa shape index (κ1) is 21.6. The molecule has 0 aliphatic carbocycles. The van der Waals surface area contributed by atoms with Crippen LogP contribution in [-0.2, 0) is 9.59 Å². The van der Waals surface area contributed by atoms with Crippen molar-refractivity contribution in [3.05, 3.63) is 12.2 Å². The largest absolute Gasteiger partial charge is 0.481 e. The third-order valence-corrected chi connectivity index (χ3v) is 4.02. The highest BCUT2D eigenvalue weighted by Gasteiger charge is 2.14. The summed E-state index contributed by atoms with van der Waals surface area (Å²) in [7, 11) is 4.46. The van der Waals surface area contributed by atoms with Gasteiger partial charge in [-0.15, -0.1) is 0 Å². The number of carbonyl (C=O) groups excluding carboxylic acids is 1. The number of rotatable bonds is 14. The summed E-state index contributed by atoms with van der Waals surface area (Å²) in [6.45, 7) is 8.24. The molecule has 0 aliphatic heterocycles. The monoisotopic (exact) mass is 327 g/mol. The zero-order chi connectivity index (χ0) is 17.7. The van der Waals surface area contributed by atoms with Gasteiger partial charge in [-0.25, -0.2) is 0 Å². The van der Waals surface area contributed by atoms with E-state index < -0.39 is 5.97 Å². The van der Waals surface area contributed by atoms with Crippen molar-refractivity contribution in [3.63, 3.8) is 0 Å². The van der Waals surface area contributed by atoms with Crippen molar-refractivity contribution in [1.29, 1.82) is 0 Å². The summed E-state index contributed by atoms with van der Waals surface area (Å²) in [6.07, 6.45) is 7.82. The second-order valence-corrected chi connectivity index (χ2v) is 7.04. The number of quaternary nitrogens is 1. The number of amides is 1. The van der Waals surface area contributed by atoms with Crippen LogP contribution in [0.25, 0.3) is 0 Å². The van der Waals surface area contributed by atoms with Gasteiger partial charge in [-0.1, -0.05) is 25.8 Å². The second kappa shape index (κ2) is 12.1. The molecule has 0 saturated heterocycles. The van der Waals surface area contributed by atoms with E-state index in [2.05, 4.69) is 26.0 Å². The van der Waals surface area contributed by atoms with Gasteiger partial charge in [0.25, 0.3) is 0 Å². The van der Waals surface area contributed by atoms with Gasteiger partial charge in [0.05, 0.1) is 27.2 Å². The Morgan fingerprint density at radius 3 is 2.04 bits per heavy atom. The average molecular weight is 327 g/mol. The van der Waals surface area contributed by atoms with Crippen LogP contribution in [0.5, 0.6) is 0 Å². The number of carboxylic acid groups (broad SMARTS) is 1. The maximum absolute atomic E-state index is 11.4. The minimum atomic E-state index is -0.691. The van der Waals surface area contributed by atoms with Crippen molar-refractivity contribution in [2.45, 2.75) is 58.3 Å². The third kappa shape index (κ3) is 14.0. The van der Waals surface area contributed by atoms with E-state index in [4.69, 9.17) is 5.11 Å². The molecule has 0 aromatic heterocycles. The van der Waals surface area contributed by atoms with E-state index in [1.54, 1.807) is 6.92 Å². The molecule has 0 unspecified atom stereocenters. The lowest BCUT2D eigenvalue weighted by atomic mass is 10.1. The molecule has 23 heavy (non-hydrogen) atoms. The number of aliphatic carboxylic acids is 1. The number of hydrogen-bond donors (Lipinski definition) is 2. The lowest BCUT2D eigenvalue weighted by molar-refractivity contribution is -0.890. The standard InChI is InChI=1S/C18H34N2O3/c1-16(2)18(23)19-13-11-15-20(3,4)14-10-8-6-5-7-9-12-17(21)22/h1,5-15H2,2-4H3,(H-,19,21,22,23)/p+1. The Hall–Kier alpha value is -1.36. The predicted octanol–water partition coefficient (Wildman–Crippen LogP) is 2.96. The molecule has 5 heteroatoms. The van der Waals surface area contributed by atoms with Crippen LogP contribution < -0.4 is 5.32 Å². The van der Waals surface area contributed by atoms with Crippen molar-refractivity contribution < 1.29 is 19.2 Å². The SMILES string of the molecule is C=C(C)C(=O)NCCC[N+](C)(C)CCCCCCCCC(=O)O. The van der Waals surface area contributed by atoms with Crippen LogP contribution in [0.1, 0.15) is 58.3 Å². The molecule has 0 spiro atoms. The van der Waals surface area contributed by atoms with E-state index in [0.29, 0.717) is 18.5 Å². The zero-order valence-electron chi connectivity index (χ0n) is 15.2. The van der Waals surface area contributed by atoms with Gasteiger partial charge in [0.15, 0.2) is 0 Å². The van der Waals surface area contributed by atoms with Crippen LogP contribution in [0.15, 0.2) is 12.2 Å². The maximum atomic E-state index is 11.4. The minimum absolute atomic E-state index is 0.0572. The van der Waals surface area contributed by atoms with Crippen molar-refractivity contribution in [1.82, 2.24) is 5.32 Å². The smallest absolute Gasteiger partial charge is 0.303 e. The summed E-state index contributed by atoms with van der Waals surface area (Å²) in [5.41, 5.74) is 0.558. The fraction of sp³-hybridized carbons (Fsp3) is 0.778. The number of unbranched alkanes of at least 4 members (excludes halogenated alkanes) is 5. The summed E-state index contributed by atoms with van der Waals surface area (Å²) >= 11 is 0. The fourth-order valence-electron chi connectivity index (χ4n) is 2.49. The van der Waals surface area contributed by atoms with Gasteiger partial charge in [0.2, 0.25) is 5.91 Å². The van der Waals surface area contributed by atoms with E-state index in [9.17, 15) is 9.59 Å². The molecule has 1 amide bonds. The van der Waals surface area contributed by atoms with Gasteiger partial charge in [-0.05, 0) is 26.2 Å². The quantitative estimate of drug-likeness (QED) is 0.293. The number of carbonyl (C=O) groups is 2. The molecule has 5 nitrogen and oxygen atoms in total. The van der Waals surface area contributed by atoms with Crippen LogP contribution in [-0.4, -0.2) is 55.2 Å². The first-order chi connectivity index (χ1) is 10.7. The topological polar surface area (TPSA) is 66.4 Å². The predicted molar refractivity (Wildman–Crippen MR) is 94.2 cm³/mol. The molecule has 2 N–H and O–H groups in total. The van der Waals surface area contributed by atoms with Crippen molar-refractivity contribution in [3.8, 4) is 0 Å². The molecular formula is C18H35N2O3+. The zero-order valence-corrected chi connectivity index (χ0v) is 15.2. The van der Waals surface area contributed by atoms with E-state index in [1.165, 1.54) is 19.3 Å². The Labute approximate surface area is 141 Å². The van der Waals surface area contributed by atoms with E-state index >= 15 is 0 Å². The third-order valence-electron chi connectivity index (χ3n) is 4.02. The maximum Gasteiger partial charge on any atom is 0.303 e. The Morgan fingerprint density at radius 1 is 0.957 bits per heavy atom. The molecular weight excluding hydrogens is 292 g/mol. The number of carboxylic acids is 1. The van der Waals surface area contributed by atoms with Crippen LogP contribution in [0.2, 0.25) is 0 Å². The highest BCUT2D eigenvalue weighted by Crippen LogP contribution is 2.09. The highest BCUT2D eigenvalue weighted by atomic mass is 16.4. The minimum Gasteiger partial charge on any atom is -0.481 e. The van der Waals surface area contributed by atoms with Gasteiger partial charge >= 0.3 is 5.97 Å². The van der Waals surface area contributed by atoms with Gasteiger partial charge < -0.3 is 14.9 Å².